The van der Waals surface area contributed by atoms with Crippen molar-refractivity contribution in [1.29, 1.82) is 0 Å². The minimum absolute atomic E-state index is 0.0593. The molecule has 0 heterocycles. The zero-order valence-corrected chi connectivity index (χ0v) is 16.6. The molecule has 0 spiro atoms. The number of carbonyl (C=O) groups excluding carboxylic acids is 2. The maximum Gasteiger partial charge on any atom is 0.248 e. The molecular formula is C24H18BrNO2. The van der Waals surface area contributed by atoms with Crippen molar-refractivity contribution in [2.24, 2.45) is 0 Å². The summed E-state index contributed by atoms with van der Waals surface area (Å²) in [6.07, 6.45) is 6.56. The van der Waals surface area contributed by atoms with Gasteiger partial charge in [0.15, 0.2) is 5.78 Å². The third-order valence-electron chi connectivity index (χ3n) is 3.96. The van der Waals surface area contributed by atoms with Crippen LogP contribution in [0.15, 0.2) is 95.5 Å². The molecule has 0 aliphatic heterocycles. The first-order valence-electron chi connectivity index (χ1n) is 8.72. The Morgan fingerprint density at radius 1 is 0.714 bits per heavy atom. The van der Waals surface area contributed by atoms with E-state index in [1.807, 2.05) is 54.6 Å². The van der Waals surface area contributed by atoms with Crippen molar-refractivity contribution < 1.29 is 9.59 Å². The number of hydrogen-bond acceptors (Lipinski definition) is 2. The molecule has 138 valence electrons. The Hall–Kier alpha value is -3.24. The lowest BCUT2D eigenvalue weighted by Crippen LogP contribution is -2.07. The molecule has 3 nitrogen and oxygen atoms in total. The normalized spacial score (nSPS) is 11.0. The molecule has 0 bridgehead atoms. The molecule has 3 aromatic rings. The summed E-state index contributed by atoms with van der Waals surface area (Å²) in [6.45, 7) is 0. The highest BCUT2D eigenvalue weighted by atomic mass is 79.9. The molecule has 0 fully saturated rings. The fraction of sp³-hybridized carbons (Fsp3) is 0. The first kappa shape index (κ1) is 19.5. The van der Waals surface area contributed by atoms with Crippen molar-refractivity contribution in [2.75, 3.05) is 5.32 Å². The van der Waals surface area contributed by atoms with Gasteiger partial charge in [-0.2, -0.15) is 0 Å². The third-order valence-corrected chi connectivity index (χ3v) is 4.49. The van der Waals surface area contributed by atoms with Gasteiger partial charge in [-0.15, -0.1) is 0 Å². The summed E-state index contributed by atoms with van der Waals surface area (Å²) in [5.74, 6) is -0.256. The van der Waals surface area contributed by atoms with Gasteiger partial charge in [0.05, 0.1) is 0 Å². The van der Waals surface area contributed by atoms with E-state index in [9.17, 15) is 9.59 Å². The van der Waals surface area contributed by atoms with Gasteiger partial charge in [0.1, 0.15) is 0 Å². The van der Waals surface area contributed by atoms with Gasteiger partial charge in [0, 0.05) is 21.8 Å². The molecule has 1 amide bonds. The number of benzene rings is 3. The Labute approximate surface area is 172 Å². The topological polar surface area (TPSA) is 46.2 Å². The van der Waals surface area contributed by atoms with Crippen LogP contribution in [0.2, 0.25) is 0 Å². The number of hydrogen-bond donors (Lipinski definition) is 1. The highest BCUT2D eigenvalue weighted by molar-refractivity contribution is 9.10. The van der Waals surface area contributed by atoms with Crippen LogP contribution in [0.3, 0.4) is 0 Å². The fourth-order valence-corrected chi connectivity index (χ4v) is 2.74. The summed E-state index contributed by atoms with van der Waals surface area (Å²) < 4.78 is 0.935. The second-order valence-electron chi connectivity index (χ2n) is 6.06. The lowest BCUT2D eigenvalue weighted by Gasteiger charge is -2.02. The molecule has 0 aliphatic rings. The Balaban J connectivity index is 1.57. The van der Waals surface area contributed by atoms with Crippen molar-refractivity contribution in [2.45, 2.75) is 0 Å². The molecule has 3 rings (SSSR count). The summed E-state index contributed by atoms with van der Waals surface area (Å²) in [5.41, 5.74) is 3.17. The summed E-state index contributed by atoms with van der Waals surface area (Å²) in [5, 5.41) is 2.81. The number of ketones is 1. The Morgan fingerprint density at radius 3 is 2.00 bits per heavy atom. The highest BCUT2D eigenvalue weighted by Gasteiger charge is 2.01. The summed E-state index contributed by atoms with van der Waals surface area (Å²) in [6, 6.07) is 24.2. The van der Waals surface area contributed by atoms with E-state index in [2.05, 4.69) is 21.2 Å². The van der Waals surface area contributed by atoms with Crippen molar-refractivity contribution in [3.63, 3.8) is 0 Å². The predicted molar refractivity (Wildman–Crippen MR) is 118 cm³/mol. The van der Waals surface area contributed by atoms with E-state index >= 15 is 0 Å². The number of halogens is 1. The van der Waals surface area contributed by atoms with E-state index in [0.717, 1.165) is 15.6 Å². The zero-order valence-electron chi connectivity index (χ0n) is 15.0. The van der Waals surface area contributed by atoms with Crippen molar-refractivity contribution >= 4 is 45.5 Å². The van der Waals surface area contributed by atoms with Crippen LogP contribution in [0.5, 0.6) is 0 Å². The van der Waals surface area contributed by atoms with E-state index in [1.54, 1.807) is 42.5 Å². The van der Waals surface area contributed by atoms with Gasteiger partial charge in [0.25, 0.3) is 0 Å². The number of anilines is 1. The lowest BCUT2D eigenvalue weighted by atomic mass is 10.1. The van der Waals surface area contributed by atoms with E-state index in [1.165, 1.54) is 6.08 Å². The van der Waals surface area contributed by atoms with Crippen molar-refractivity contribution in [3.05, 3.63) is 112 Å². The van der Waals surface area contributed by atoms with Crippen LogP contribution in [-0.4, -0.2) is 11.7 Å². The number of nitrogens with one attached hydrogen (secondary N) is 1. The largest absolute Gasteiger partial charge is 0.323 e. The van der Waals surface area contributed by atoms with Gasteiger partial charge < -0.3 is 5.32 Å². The average Bonchev–Trinajstić information content (AvgIpc) is 2.73. The number of carbonyl (C=O) groups is 2. The number of allylic oxidation sites excluding steroid dienone is 1. The van der Waals surface area contributed by atoms with E-state index in [-0.39, 0.29) is 11.7 Å². The SMILES string of the molecule is O=C(C=Cc1ccccc1)Nc1ccc(C=CC(=O)c2ccc(Br)cc2)cc1. The first-order valence-corrected chi connectivity index (χ1v) is 9.52. The van der Waals surface area contributed by atoms with Gasteiger partial charge in [-0.3, -0.25) is 9.59 Å². The molecule has 0 unspecified atom stereocenters. The van der Waals surface area contributed by atoms with Gasteiger partial charge in [-0.1, -0.05) is 64.5 Å². The summed E-state index contributed by atoms with van der Waals surface area (Å²) >= 11 is 3.35. The Kier molecular flexibility index (Phi) is 6.71. The van der Waals surface area contributed by atoms with Gasteiger partial charge in [0.2, 0.25) is 5.91 Å². The maximum atomic E-state index is 12.2. The van der Waals surface area contributed by atoms with Crippen LogP contribution in [0.4, 0.5) is 5.69 Å². The summed E-state index contributed by atoms with van der Waals surface area (Å²) in [7, 11) is 0. The van der Waals surface area contributed by atoms with Crippen LogP contribution in [-0.2, 0) is 4.79 Å². The number of rotatable bonds is 6. The molecular weight excluding hydrogens is 414 g/mol. The highest BCUT2D eigenvalue weighted by Crippen LogP contribution is 2.14. The minimum Gasteiger partial charge on any atom is -0.323 e. The molecule has 0 aromatic heterocycles. The zero-order chi connectivity index (χ0) is 19.8. The molecule has 0 atom stereocenters. The summed E-state index contributed by atoms with van der Waals surface area (Å²) in [4.78, 5) is 24.2. The Morgan fingerprint density at radius 2 is 1.32 bits per heavy atom. The van der Waals surface area contributed by atoms with Crippen LogP contribution in [0.1, 0.15) is 21.5 Å². The molecule has 4 heteroatoms. The average molecular weight is 432 g/mol. The molecule has 0 saturated carbocycles. The van der Waals surface area contributed by atoms with Crippen LogP contribution >= 0.6 is 15.9 Å². The molecule has 28 heavy (non-hydrogen) atoms. The van der Waals surface area contributed by atoms with Crippen molar-refractivity contribution in [1.82, 2.24) is 0 Å². The molecule has 0 radical (unpaired) electrons. The van der Waals surface area contributed by atoms with Crippen LogP contribution in [0, 0.1) is 0 Å². The quantitative estimate of drug-likeness (QED) is 0.384. The monoisotopic (exact) mass is 431 g/mol. The molecule has 0 aliphatic carbocycles. The van der Waals surface area contributed by atoms with Crippen LogP contribution < -0.4 is 5.32 Å². The fourth-order valence-electron chi connectivity index (χ4n) is 2.48. The van der Waals surface area contributed by atoms with Gasteiger partial charge in [-0.05, 0) is 59.7 Å². The van der Waals surface area contributed by atoms with E-state index < -0.39 is 0 Å². The van der Waals surface area contributed by atoms with E-state index in [4.69, 9.17) is 0 Å². The van der Waals surface area contributed by atoms with Crippen molar-refractivity contribution in [3.8, 4) is 0 Å². The number of amides is 1. The van der Waals surface area contributed by atoms with Gasteiger partial charge >= 0.3 is 0 Å². The second-order valence-corrected chi connectivity index (χ2v) is 6.98. The third kappa shape index (κ3) is 5.89. The second kappa shape index (κ2) is 9.62. The molecule has 1 N–H and O–H groups in total. The van der Waals surface area contributed by atoms with Crippen LogP contribution in [0.25, 0.3) is 12.2 Å². The first-order chi connectivity index (χ1) is 13.6. The molecule has 3 aromatic carbocycles. The Bertz CT molecular complexity index is 1000. The smallest absolute Gasteiger partial charge is 0.248 e. The maximum absolute atomic E-state index is 12.2. The minimum atomic E-state index is -0.197. The van der Waals surface area contributed by atoms with Gasteiger partial charge in [-0.25, -0.2) is 0 Å². The predicted octanol–water partition coefficient (Wildman–Crippen LogP) is 6.00. The molecule has 0 saturated heterocycles. The van der Waals surface area contributed by atoms with E-state index in [0.29, 0.717) is 11.3 Å². The standard InChI is InChI=1S/C24H18BrNO2/c25-21-12-10-20(11-13-21)23(27)16-8-19-6-14-22(15-7-19)26-24(28)17-9-18-4-2-1-3-5-18/h1-17H,(H,26,28). The lowest BCUT2D eigenvalue weighted by molar-refractivity contribution is -0.111.